The molecule has 0 bridgehead atoms. The van der Waals surface area contributed by atoms with Gasteiger partial charge < -0.3 is 5.32 Å². The van der Waals surface area contributed by atoms with Gasteiger partial charge in [-0.05, 0) is 22.9 Å². The van der Waals surface area contributed by atoms with Crippen LogP contribution in [0.25, 0.3) is 10.8 Å². The quantitative estimate of drug-likeness (QED) is 0.760. The lowest BCUT2D eigenvalue weighted by Crippen LogP contribution is -2.11. The number of carbonyl (C=O) groups is 1. The Morgan fingerprint density at radius 2 is 1.94 bits per heavy atom. The number of hydrogen-bond donors (Lipinski definition) is 1. The molecule has 0 atom stereocenters. The molecular formula is C14H10N2OS. The van der Waals surface area contributed by atoms with Gasteiger partial charge >= 0.3 is 0 Å². The number of aromatic nitrogens is 1. The molecule has 0 saturated heterocycles. The second-order valence-corrected chi connectivity index (χ2v) is 4.75. The molecule has 0 radical (unpaired) electrons. The van der Waals surface area contributed by atoms with Crippen molar-refractivity contribution in [1.29, 1.82) is 0 Å². The van der Waals surface area contributed by atoms with E-state index in [2.05, 4.69) is 10.3 Å². The van der Waals surface area contributed by atoms with Crippen molar-refractivity contribution in [2.45, 2.75) is 0 Å². The molecule has 0 fully saturated rings. The van der Waals surface area contributed by atoms with Crippen LogP contribution in [0.1, 0.15) is 9.80 Å². The molecule has 1 N–H and O–H groups in total. The fraction of sp³-hybridized carbons (Fsp3) is 0. The lowest BCUT2D eigenvalue weighted by Gasteiger charge is -2.04. The Hall–Kier alpha value is -2.20. The zero-order valence-electron chi connectivity index (χ0n) is 9.46. The van der Waals surface area contributed by atoms with Gasteiger partial charge in [0.05, 0.1) is 0 Å². The molecule has 1 amide bonds. The van der Waals surface area contributed by atoms with E-state index in [9.17, 15) is 4.79 Å². The van der Waals surface area contributed by atoms with Crippen LogP contribution in [0.4, 0.5) is 5.69 Å². The lowest BCUT2D eigenvalue weighted by molar-refractivity contribution is 0.102. The minimum Gasteiger partial charge on any atom is -0.320 e. The Morgan fingerprint density at radius 1 is 1.11 bits per heavy atom. The largest absolute Gasteiger partial charge is 0.320 e. The molecule has 2 aromatic carbocycles. The second kappa shape index (κ2) is 4.58. The molecule has 0 unspecified atom stereocenters. The molecule has 0 aliphatic rings. The summed E-state index contributed by atoms with van der Waals surface area (Å²) in [5.41, 5.74) is 0.786. The van der Waals surface area contributed by atoms with Crippen LogP contribution in [-0.4, -0.2) is 10.9 Å². The third-order valence-electron chi connectivity index (χ3n) is 2.63. The Balaban J connectivity index is 1.89. The second-order valence-electron chi connectivity index (χ2n) is 3.85. The van der Waals surface area contributed by atoms with Crippen molar-refractivity contribution in [3.8, 4) is 0 Å². The zero-order valence-corrected chi connectivity index (χ0v) is 10.3. The van der Waals surface area contributed by atoms with E-state index < -0.39 is 0 Å². The average molecular weight is 254 g/mol. The van der Waals surface area contributed by atoms with E-state index in [-0.39, 0.29) is 5.91 Å². The van der Waals surface area contributed by atoms with Gasteiger partial charge in [-0.1, -0.05) is 30.3 Å². The molecule has 1 aromatic heterocycles. The van der Waals surface area contributed by atoms with Crippen LogP contribution in [-0.2, 0) is 0 Å². The fourth-order valence-corrected chi connectivity index (χ4v) is 2.32. The van der Waals surface area contributed by atoms with Crippen LogP contribution < -0.4 is 5.32 Å². The molecule has 3 nitrogen and oxygen atoms in total. The summed E-state index contributed by atoms with van der Waals surface area (Å²) in [5, 5.41) is 7.37. The number of fused-ring (bicyclic) bond motifs is 1. The van der Waals surface area contributed by atoms with Crippen molar-refractivity contribution in [3.63, 3.8) is 0 Å². The van der Waals surface area contributed by atoms with E-state index in [1.165, 1.54) is 11.3 Å². The Morgan fingerprint density at radius 3 is 2.72 bits per heavy atom. The van der Waals surface area contributed by atoms with Crippen LogP contribution in [0.2, 0.25) is 0 Å². The van der Waals surface area contributed by atoms with Crippen molar-refractivity contribution in [2.75, 3.05) is 5.32 Å². The minimum atomic E-state index is -0.166. The van der Waals surface area contributed by atoms with Gasteiger partial charge in [0.25, 0.3) is 5.91 Å². The minimum absolute atomic E-state index is 0.166. The van der Waals surface area contributed by atoms with Gasteiger partial charge in [-0.15, -0.1) is 11.3 Å². The number of thiazole rings is 1. The van der Waals surface area contributed by atoms with Crippen LogP contribution >= 0.6 is 11.3 Å². The number of nitrogens with zero attached hydrogens (tertiary/aromatic N) is 1. The van der Waals surface area contributed by atoms with Crippen molar-refractivity contribution in [2.24, 2.45) is 0 Å². The average Bonchev–Trinajstić information content (AvgIpc) is 2.92. The third kappa shape index (κ3) is 2.10. The molecule has 18 heavy (non-hydrogen) atoms. The summed E-state index contributed by atoms with van der Waals surface area (Å²) in [6.07, 6.45) is 1.62. The highest BCUT2D eigenvalue weighted by Crippen LogP contribution is 2.19. The standard InChI is InChI=1S/C14H10N2OS/c17-13(14-15-7-8-18-14)16-12-6-5-10-3-1-2-4-11(10)9-12/h1-9H,(H,16,17). The van der Waals surface area contributed by atoms with Crippen LogP contribution in [0.15, 0.2) is 54.0 Å². The maximum absolute atomic E-state index is 11.8. The highest BCUT2D eigenvalue weighted by atomic mass is 32.1. The molecule has 0 saturated carbocycles. The molecule has 3 rings (SSSR count). The molecule has 3 aromatic rings. The monoisotopic (exact) mass is 254 g/mol. The van der Waals surface area contributed by atoms with Crippen molar-refractivity contribution in [1.82, 2.24) is 4.98 Å². The summed E-state index contributed by atoms with van der Waals surface area (Å²) in [4.78, 5) is 15.8. The van der Waals surface area contributed by atoms with Crippen molar-refractivity contribution in [3.05, 3.63) is 59.0 Å². The van der Waals surface area contributed by atoms with E-state index in [0.717, 1.165) is 16.5 Å². The Bertz CT molecular complexity index is 692. The van der Waals surface area contributed by atoms with Crippen molar-refractivity contribution < 1.29 is 4.79 Å². The normalized spacial score (nSPS) is 10.4. The van der Waals surface area contributed by atoms with Gasteiger partial charge in [-0.2, -0.15) is 0 Å². The smallest absolute Gasteiger partial charge is 0.284 e. The van der Waals surface area contributed by atoms with Gasteiger partial charge in [-0.25, -0.2) is 4.98 Å². The van der Waals surface area contributed by atoms with Crippen LogP contribution in [0.3, 0.4) is 0 Å². The fourth-order valence-electron chi connectivity index (χ4n) is 1.79. The first-order valence-corrected chi connectivity index (χ1v) is 6.40. The number of rotatable bonds is 2. The van der Waals surface area contributed by atoms with Crippen LogP contribution in [0, 0.1) is 0 Å². The van der Waals surface area contributed by atoms with Crippen LogP contribution in [0.5, 0.6) is 0 Å². The summed E-state index contributed by atoms with van der Waals surface area (Å²) < 4.78 is 0. The van der Waals surface area contributed by atoms with E-state index >= 15 is 0 Å². The zero-order chi connectivity index (χ0) is 12.4. The first-order chi connectivity index (χ1) is 8.83. The summed E-state index contributed by atoms with van der Waals surface area (Å²) >= 11 is 1.33. The van der Waals surface area contributed by atoms with Gasteiger partial charge in [0.15, 0.2) is 5.01 Å². The molecule has 4 heteroatoms. The number of benzene rings is 2. The Labute approximate surface area is 108 Å². The first-order valence-electron chi connectivity index (χ1n) is 5.52. The summed E-state index contributed by atoms with van der Waals surface area (Å²) in [7, 11) is 0. The van der Waals surface area contributed by atoms with E-state index in [1.54, 1.807) is 11.6 Å². The number of nitrogens with one attached hydrogen (secondary N) is 1. The lowest BCUT2D eigenvalue weighted by atomic mass is 10.1. The number of hydrogen-bond acceptors (Lipinski definition) is 3. The summed E-state index contributed by atoms with van der Waals surface area (Å²) in [6, 6.07) is 13.9. The summed E-state index contributed by atoms with van der Waals surface area (Å²) in [6.45, 7) is 0. The maximum atomic E-state index is 11.8. The predicted octanol–water partition coefficient (Wildman–Crippen LogP) is 3.55. The highest BCUT2D eigenvalue weighted by Gasteiger charge is 2.08. The van der Waals surface area contributed by atoms with Gasteiger partial charge in [0, 0.05) is 17.3 Å². The number of anilines is 1. The third-order valence-corrected chi connectivity index (χ3v) is 3.41. The molecule has 0 aliphatic heterocycles. The molecule has 88 valence electrons. The highest BCUT2D eigenvalue weighted by molar-refractivity contribution is 7.11. The first kappa shape index (κ1) is 10.9. The SMILES string of the molecule is O=C(Nc1ccc2ccccc2c1)c1nccs1. The predicted molar refractivity (Wildman–Crippen MR) is 74.0 cm³/mol. The van der Waals surface area contributed by atoms with Gasteiger partial charge in [0.1, 0.15) is 0 Å². The Kier molecular flexibility index (Phi) is 2.78. The molecular weight excluding hydrogens is 244 g/mol. The van der Waals surface area contributed by atoms with Crippen molar-refractivity contribution >= 4 is 33.7 Å². The maximum Gasteiger partial charge on any atom is 0.284 e. The molecule has 0 spiro atoms. The number of carbonyl (C=O) groups excluding carboxylic acids is 1. The topological polar surface area (TPSA) is 42.0 Å². The summed E-state index contributed by atoms with van der Waals surface area (Å²) in [5.74, 6) is -0.166. The van der Waals surface area contributed by atoms with Gasteiger partial charge in [0.2, 0.25) is 0 Å². The van der Waals surface area contributed by atoms with E-state index in [1.807, 2.05) is 42.5 Å². The number of amides is 1. The van der Waals surface area contributed by atoms with E-state index in [4.69, 9.17) is 0 Å². The van der Waals surface area contributed by atoms with E-state index in [0.29, 0.717) is 5.01 Å². The molecule has 1 heterocycles. The molecule has 0 aliphatic carbocycles. The van der Waals surface area contributed by atoms with Gasteiger partial charge in [-0.3, -0.25) is 4.79 Å².